The number of fused-ring (bicyclic) bond motifs is 1. The molecule has 0 aliphatic heterocycles. The van der Waals surface area contributed by atoms with Gasteiger partial charge in [0.15, 0.2) is 5.78 Å². The fraction of sp³-hybridized carbons (Fsp3) is 0.286. The predicted octanol–water partition coefficient (Wildman–Crippen LogP) is 1.30. The molecular weight excluding hydrogens is 214 g/mol. The van der Waals surface area contributed by atoms with E-state index in [0.717, 1.165) is 23.1 Å². The molecule has 1 aromatic carbocycles. The quantitative estimate of drug-likeness (QED) is 0.735. The standard InChI is InChI=1S/C14H13NO2/c1-10(16)15-9-3-5-11-4-2-6-13-12(11)7-8-14(13)17/h2,4,6H,7-9H2,1H3,(H,15,16). The number of ketones is 1. The van der Waals surface area contributed by atoms with Crippen LogP contribution in [0.25, 0.3) is 0 Å². The van der Waals surface area contributed by atoms with Crippen molar-refractivity contribution in [3.8, 4) is 11.8 Å². The molecule has 1 aliphatic carbocycles. The largest absolute Gasteiger partial charge is 0.345 e. The van der Waals surface area contributed by atoms with Crippen molar-refractivity contribution in [3.63, 3.8) is 0 Å². The summed E-state index contributed by atoms with van der Waals surface area (Å²) in [6.45, 7) is 1.80. The summed E-state index contributed by atoms with van der Waals surface area (Å²) in [6.07, 6.45) is 1.36. The number of nitrogens with one attached hydrogen (secondary N) is 1. The third-order valence-electron chi connectivity index (χ3n) is 2.73. The molecule has 0 saturated carbocycles. The van der Waals surface area contributed by atoms with Gasteiger partial charge in [0.1, 0.15) is 0 Å². The molecule has 3 nitrogen and oxygen atoms in total. The zero-order valence-electron chi connectivity index (χ0n) is 9.67. The summed E-state index contributed by atoms with van der Waals surface area (Å²) in [5, 5.41) is 2.61. The molecule has 1 amide bonds. The molecule has 86 valence electrons. The molecule has 3 heteroatoms. The Kier molecular flexibility index (Phi) is 3.24. The summed E-state index contributed by atoms with van der Waals surface area (Å²) in [5.74, 6) is 6.00. The number of amides is 1. The van der Waals surface area contributed by atoms with Gasteiger partial charge in [0.05, 0.1) is 6.54 Å². The smallest absolute Gasteiger partial charge is 0.217 e. The predicted molar refractivity (Wildman–Crippen MR) is 64.7 cm³/mol. The van der Waals surface area contributed by atoms with Gasteiger partial charge < -0.3 is 5.32 Å². The fourth-order valence-corrected chi connectivity index (χ4v) is 1.92. The number of rotatable bonds is 1. The first-order valence-electron chi connectivity index (χ1n) is 5.57. The SMILES string of the molecule is CC(=O)NCC#Cc1cccc2c1CCC2=O. The molecule has 0 bridgehead atoms. The third kappa shape index (κ3) is 2.54. The molecule has 2 rings (SSSR count). The van der Waals surface area contributed by atoms with Crippen LogP contribution in [0, 0.1) is 11.8 Å². The number of hydrogen-bond acceptors (Lipinski definition) is 2. The zero-order valence-corrected chi connectivity index (χ0v) is 9.67. The van der Waals surface area contributed by atoms with Gasteiger partial charge in [0.25, 0.3) is 0 Å². The number of carbonyl (C=O) groups excluding carboxylic acids is 2. The minimum absolute atomic E-state index is 0.0900. The number of benzene rings is 1. The second kappa shape index (κ2) is 4.84. The first kappa shape index (κ1) is 11.4. The fourth-order valence-electron chi connectivity index (χ4n) is 1.92. The van der Waals surface area contributed by atoms with Gasteiger partial charge in [0, 0.05) is 24.5 Å². The first-order chi connectivity index (χ1) is 8.18. The van der Waals surface area contributed by atoms with Crippen molar-refractivity contribution in [2.75, 3.05) is 6.54 Å². The van der Waals surface area contributed by atoms with E-state index in [1.165, 1.54) is 6.92 Å². The molecule has 0 unspecified atom stereocenters. The molecule has 1 aromatic rings. The second-order valence-electron chi connectivity index (χ2n) is 3.97. The van der Waals surface area contributed by atoms with E-state index in [0.29, 0.717) is 13.0 Å². The number of carbonyl (C=O) groups is 2. The van der Waals surface area contributed by atoms with E-state index in [2.05, 4.69) is 17.2 Å². The topological polar surface area (TPSA) is 46.2 Å². The van der Waals surface area contributed by atoms with Gasteiger partial charge in [-0.2, -0.15) is 0 Å². The van der Waals surface area contributed by atoms with E-state index < -0.39 is 0 Å². The first-order valence-corrected chi connectivity index (χ1v) is 5.57. The zero-order chi connectivity index (χ0) is 12.3. The average Bonchev–Trinajstić information content (AvgIpc) is 2.67. The van der Waals surface area contributed by atoms with Crippen molar-refractivity contribution in [2.24, 2.45) is 0 Å². The van der Waals surface area contributed by atoms with E-state index in [9.17, 15) is 9.59 Å². The van der Waals surface area contributed by atoms with Crippen LogP contribution in [-0.4, -0.2) is 18.2 Å². The van der Waals surface area contributed by atoms with Crippen LogP contribution in [-0.2, 0) is 11.2 Å². The Morgan fingerprint density at radius 3 is 3.00 bits per heavy atom. The minimum Gasteiger partial charge on any atom is -0.345 e. The van der Waals surface area contributed by atoms with Gasteiger partial charge in [0.2, 0.25) is 5.91 Å². The van der Waals surface area contributed by atoms with Gasteiger partial charge >= 0.3 is 0 Å². The highest BCUT2D eigenvalue weighted by Crippen LogP contribution is 2.24. The van der Waals surface area contributed by atoms with Crippen LogP contribution in [0.2, 0.25) is 0 Å². The molecule has 1 aliphatic rings. The molecule has 0 saturated heterocycles. The maximum Gasteiger partial charge on any atom is 0.217 e. The summed E-state index contributed by atoms with van der Waals surface area (Å²) in [6, 6.07) is 5.62. The van der Waals surface area contributed by atoms with Crippen LogP contribution in [0.15, 0.2) is 18.2 Å². The number of hydrogen-bond donors (Lipinski definition) is 1. The summed E-state index contributed by atoms with van der Waals surface area (Å²) in [7, 11) is 0. The lowest BCUT2D eigenvalue weighted by Crippen LogP contribution is -2.19. The van der Waals surface area contributed by atoms with Gasteiger partial charge in [-0.3, -0.25) is 9.59 Å². The molecular formula is C14H13NO2. The highest BCUT2D eigenvalue weighted by molar-refractivity contribution is 6.01. The highest BCUT2D eigenvalue weighted by Gasteiger charge is 2.20. The van der Waals surface area contributed by atoms with Crippen LogP contribution in [0.4, 0.5) is 0 Å². The van der Waals surface area contributed by atoms with Crippen molar-refractivity contribution >= 4 is 11.7 Å². The van der Waals surface area contributed by atoms with Gasteiger partial charge in [-0.15, -0.1) is 0 Å². The number of Topliss-reactive ketones (excluding diaryl/α,β-unsaturated/α-hetero) is 1. The van der Waals surface area contributed by atoms with Gasteiger partial charge in [-0.1, -0.05) is 24.0 Å². The lowest BCUT2D eigenvalue weighted by Gasteiger charge is -2.00. The molecule has 0 heterocycles. The van der Waals surface area contributed by atoms with Gasteiger partial charge in [-0.25, -0.2) is 0 Å². The molecule has 1 N–H and O–H groups in total. The summed E-state index contributed by atoms with van der Waals surface area (Å²) in [4.78, 5) is 22.2. The van der Waals surface area contributed by atoms with Crippen LogP contribution in [0.1, 0.15) is 34.8 Å². The maximum absolute atomic E-state index is 11.5. The van der Waals surface area contributed by atoms with Crippen LogP contribution in [0.5, 0.6) is 0 Å². The molecule has 0 spiro atoms. The average molecular weight is 227 g/mol. The van der Waals surface area contributed by atoms with E-state index in [4.69, 9.17) is 0 Å². The van der Waals surface area contributed by atoms with Crippen molar-refractivity contribution in [1.29, 1.82) is 0 Å². The Balaban J connectivity index is 2.17. The Morgan fingerprint density at radius 2 is 2.24 bits per heavy atom. The van der Waals surface area contributed by atoms with Crippen molar-refractivity contribution < 1.29 is 9.59 Å². The van der Waals surface area contributed by atoms with E-state index in [-0.39, 0.29) is 11.7 Å². The molecule has 0 fully saturated rings. The lowest BCUT2D eigenvalue weighted by molar-refractivity contribution is -0.118. The maximum atomic E-state index is 11.5. The van der Waals surface area contributed by atoms with E-state index >= 15 is 0 Å². The Morgan fingerprint density at radius 1 is 1.41 bits per heavy atom. The van der Waals surface area contributed by atoms with Crippen molar-refractivity contribution in [1.82, 2.24) is 5.32 Å². The Labute approximate surface area is 100 Å². The summed E-state index contributed by atoms with van der Waals surface area (Å²) in [5.41, 5.74) is 2.75. The minimum atomic E-state index is -0.0900. The molecule has 0 atom stereocenters. The van der Waals surface area contributed by atoms with Crippen molar-refractivity contribution in [2.45, 2.75) is 19.8 Å². The summed E-state index contributed by atoms with van der Waals surface area (Å²) < 4.78 is 0. The van der Waals surface area contributed by atoms with Crippen molar-refractivity contribution in [3.05, 3.63) is 34.9 Å². The Hall–Kier alpha value is -2.08. The summed E-state index contributed by atoms with van der Waals surface area (Å²) >= 11 is 0. The Bertz CT molecular complexity index is 535. The van der Waals surface area contributed by atoms with Gasteiger partial charge in [-0.05, 0) is 18.1 Å². The molecule has 17 heavy (non-hydrogen) atoms. The van der Waals surface area contributed by atoms with Crippen LogP contribution in [0.3, 0.4) is 0 Å². The van der Waals surface area contributed by atoms with E-state index in [1.54, 1.807) is 0 Å². The highest BCUT2D eigenvalue weighted by atomic mass is 16.1. The molecule has 0 radical (unpaired) electrons. The molecule has 0 aromatic heterocycles. The van der Waals surface area contributed by atoms with E-state index in [1.807, 2.05) is 18.2 Å². The van der Waals surface area contributed by atoms with Crippen LogP contribution < -0.4 is 5.32 Å². The monoisotopic (exact) mass is 227 g/mol. The van der Waals surface area contributed by atoms with Crippen LogP contribution >= 0.6 is 0 Å². The second-order valence-corrected chi connectivity index (χ2v) is 3.97. The lowest BCUT2D eigenvalue weighted by atomic mass is 10.0. The third-order valence-corrected chi connectivity index (χ3v) is 2.73. The normalized spacial score (nSPS) is 12.6.